The van der Waals surface area contributed by atoms with Crippen LogP contribution in [0, 0.1) is 3.57 Å². The van der Waals surface area contributed by atoms with Gasteiger partial charge in [-0.1, -0.05) is 27.5 Å². The van der Waals surface area contributed by atoms with E-state index in [0.717, 1.165) is 3.57 Å². The smallest absolute Gasteiger partial charge is 0.343 e. The number of nitrogens with zero attached hydrogens (tertiary/aromatic N) is 1. The first-order valence-corrected chi connectivity index (χ1v) is 13.6. The quantitative estimate of drug-likeness (QED) is 0.0854. The monoisotopic (exact) mass is 780 g/mol. The zero-order chi connectivity index (χ0) is 27.8. The molecule has 0 aliphatic heterocycles. The number of methoxy groups -OCH3 is 3. The highest BCUT2D eigenvalue weighted by atomic mass is 127. The molecule has 0 atom stereocenters. The van der Waals surface area contributed by atoms with Crippen molar-refractivity contribution in [3.8, 4) is 28.7 Å². The third-order valence-corrected chi connectivity index (χ3v) is 6.90. The van der Waals surface area contributed by atoms with E-state index in [2.05, 4.69) is 65.0 Å². The van der Waals surface area contributed by atoms with Crippen molar-refractivity contribution in [2.75, 3.05) is 27.9 Å². The molecule has 3 aromatic rings. The van der Waals surface area contributed by atoms with Gasteiger partial charge in [0.25, 0.3) is 5.91 Å². The van der Waals surface area contributed by atoms with Gasteiger partial charge in [-0.05, 0) is 81.0 Å². The Morgan fingerprint density at radius 3 is 2.26 bits per heavy atom. The second kappa shape index (κ2) is 14.0. The summed E-state index contributed by atoms with van der Waals surface area (Å²) in [5, 5.41) is 4.54. The maximum Gasteiger partial charge on any atom is 0.343 e. The topological polar surface area (TPSA) is 105 Å². The third kappa shape index (κ3) is 7.74. The van der Waals surface area contributed by atoms with Crippen LogP contribution in [0.4, 0.5) is 0 Å². The van der Waals surface area contributed by atoms with Crippen LogP contribution in [0.2, 0.25) is 5.02 Å². The second-order valence-corrected chi connectivity index (χ2v) is 10.6. The number of rotatable bonds is 10. The zero-order valence-corrected chi connectivity index (χ0v) is 26.2. The maximum atomic E-state index is 13.0. The Labute approximate surface area is 254 Å². The van der Waals surface area contributed by atoms with Gasteiger partial charge >= 0.3 is 5.97 Å². The fourth-order valence-corrected chi connectivity index (χ4v) is 5.44. The average molecular weight is 783 g/mol. The molecule has 0 fully saturated rings. The van der Waals surface area contributed by atoms with Gasteiger partial charge in [0, 0.05) is 15.1 Å². The minimum atomic E-state index is -0.683. The normalized spacial score (nSPS) is 10.7. The Morgan fingerprint density at radius 1 is 0.974 bits per heavy atom. The first-order chi connectivity index (χ1) is 18.2. The summed E-state index contributed by atoms with van der Waals surface area (Å²) in [6.07, 6.45) is 1.34. The molecule has 0 saturated carbocycles. The first kappa shape index (κ1) is 30.0. The van der Waals surface area contributed by atoms with E-state index in [-0.39, 0.29) is 17.9 Å². The molecule has 0 saturated heterocycles. The van der Waals surface area contributed by atoms with Gasteiger partial charge in [0.2, 0.25) is 5.75 Å². The fourth-order valence-electron chi connectivity index (χ4n) is 3.08. The Morgan fingerprint density at radius 2 is 1.66 bits per heavy atom. The third-order valence-electron chi connectivity index (χ3n) is 4.78. The Kier molecular flexibility index (Phi) is 11.1. The Hall–Kier alpha value is -2.55. The largest absolute Gasteiger partial charge is 0.493 e. The predicted octanol–water partition coefficient (Wildman–Crippen LogP) is 6.24. The van der Waals surface area contributed by atoms with Crippen LogP contribution in [-0.4, -0.2) is 46.0 Å². The lowest BCUT2D eigenvalue weighted by Crippen LogP contribution is -2.24. The van der Waals surface area contributed by atoms with Gasteiger partial charge in [-0.25, -0.2) is 10.2 Å². The summed E-state index contributed by atoms with van der Waals surface area (Å²) in [6, 6.07) is 11.4. The first-order valence-electron chi connectivity index (χ1n) is 10.6. The van der Waals surface area contributed by atoms with Crippen LogP contribution in [0.3, 0.4) is 0 Å². The summed E-state index contributed by atoms with van der Waals surface area (Å²) in [4.78, 5) is 25.3. The van der Waals surface area contributed by atoms with Gasteiger partial charge in [0.05, 0.1) is 41.2 Å². The number of hydrazone groups is 1. The molecule has 9 nitrogen and oxygen atoms in total. The minimum absolute atomic E-state index is 0.166. The summed E-state index contributed by atoms with van der Waals surface area (Å²) in [7, 11) is 4.36. The molecule has 0 aromatic heterocycles. The van der Waals surface area contributed by atoms with Gasteiger partial charge in [0.1, 0.15) is 5.75 Å². The molecule has 38 heavy (non-hydrogen) atoms. The van der Waals surface area contributed by atoms with Crippen molar-refractivity contribution in [2.45, 2.75) is 0 Å². The molecule has 1 N–H and O–H groups in total. The van der Waals surface area contributed by atoms with Gasteiger partial charge in [-0.2, -0.15) is 5.10 Å². The lowest BCUT2D eigenvalue weighted by molar-refractivity contribution is -0.123. The molecule has 0 aliphatic carbocycles. The number of hydrogen-bond donors (Lipinski definition) is 1. The molecule has 0 unspecified atom stereocenters. The van der Waals surface area contributed by atoms with Crippen LogP contribution in [0.15, 0.2) is 56.5 Å². The van der Waals surface area contributed by atoms with Crippen molar-refractivity contribution < 1.29 is 33.3 Å². The second-order valence-electron chi connectivity index (χ2n) is 7.27. The van der Waals surface area contributed by atoms with Crippen molar-refractivity contribution in [3.05, 3.63) is 71.1 Å². The standard InChI is InChI=1S/C25H20Br2ClIN2O7/c1-34-20-7-13(8-21(35-2)24(20)36-3)25(33)38-23-14(6-15(26)9-17(23)27)11-30-31-22(32)12-37-19-5-4-16(28)10-18(19)29/h4-11H,12H2,1-3H3,(H,31,32)/b30-11+. The summed E-state index contributed by atoms with van der Waals surface area (Å²) in [5.74, 6) is 0.467. The van der Waals surface area contributed by atoms with E-state index >= 15 is 0 Å². The average Bonchev–Trinajstić information content (AvgIpc) is 2.88. The highest BCUT2D eigenvalue weighted by molar-refractivity contribution is 14.1. The van der Waals surface area contributed by atoms with Crippen molar-refractivity contribution in [1.29, 1.82) is 0 Å². The number of hydrogen-bond acceptors (Lipinski definition) is 8. The Bertz CT molecular complexity index is 1360. The number of carbonyl (C=O) groups is 2. The van der Waals surface area contributed by atoms with Crippen LogP contribution >= 0.6 is 66.1 Å². The summed E-state index contributed by atoms with van der Waals surface area (Å²) < 4.78 is 29.0. The number of ether oxygens (including phenoxy) is 5. The molecule has 1 amide bonds. The van der Waals surface area contributed by atoms with E-state index in [4.69, 9.17) is 35.3 Å². The number of nitrogens with one attached hydrogen (secondary N) is 1. The SMILES string of the molecule is COc1cc(C(=O)Oc2c(Br)cc(Br)cc2/C=N/NC(=O)COc2ccc(Cl)cc2I)cc(OC)c1OC. The van der Waals surface area contributed by atoms with Crippen LogP contribution in [-0.2, 0) is 4.79 Å². The van der Waals surface area contributed by atoms with Crippen molar-refractivity contribution >= 4 is 84.1 Å². The number of benzene rings is 3. The lowest BCUT2D eigenvalue weighted by Gasteiger charge is -2.15. The molecule has 0 heterocycles. The van der Waals surface area contributed by atoms with Gasteiger partial charge < -0.3 is 23.7 Å². The lowest BCUT2D eigenvalue weighted by atomic mass is 10.1. The molecule has 200 valence electrons. The molecule has 3 aromatic carbocycles. The predicted molar refractivity (Wildman–Crippen MR) is 158 cm³/mol. The maximum absolute atomic E-state index is 13.0. The molecular formula is C25H20Br2ClIN2O7. The van der Waals surface area contributed by atoms with Crippen LogP contribution in [0.1, 0.15) is 15.9 Å². The minimum Gasteiger partial charge on any atom is -0.493 e. The van der Waals surface area contributed by atoms with E-state index in [1.54, 1.807) is 30.3 Å². The number of carbonyl (C=O) groups excluding carboxylic acids is 2. The van der Waals surface area contributed by atoms with Gasteiger partial charge in [-0.15, -0.1) is 0 Å². The molecule has 13 heteroatoms. The molecular weight excluding hydrogens is 762 g/mol. The highest BCUT2D eigenvalue weighted by Gasteiger charge is 2.20. The zero-order valence-electron chi connectivity index (χ0n) is 20.1. The summed E-state index contributed by atoms with van der Waals surface area (Å²) in [5.41, 5.74) is 2.95. The summed E-state index contributed by atoms with van der Waals surface area (Å²) >= 11 is 14.8. The highest BCUT2D eigenvalue weighted by Crippen LogP contribution is 2.39. The van der Waals surface area contributed by atoms with E-state index in [1.807, 2.05) is 0 Å². The molecule has 0 bridgehead atoms. The molecule has 3 rings (SSSR count). The van der Waals surface area contributed by atoms with Gasteiger partial charge in [0.15, 0.2) is 23.9 Å². The van der Waals surface area contributed by atoms with E-state index < -0.39 is 11.9 Å². The number of esters is 1. The molecule has 0 aliphatic rings. The van der Waals surface area contributed by atoms with Crippen molar-refractivity contribution in [2.24, 2.45) is 5.10 Å². The fraction of sp³-hybridized carbons (Fsp3) is 0.160. The molecule has 0 spiro atoms. The van der Waals surface area contributed by atoms with Crippen LogP contribution in [0.5, 0.6) is 28.7 Å². The van der Waals surface area contributed by atoms with E-state index in [9.17, 15) is 9.59 Å². The van der Waals surface area contributed by atoms with Gasteiger partial charge in [-0.3, -0.25) is 4.79 Å². The number of halogens is 4. The van der Waals surface area contributed by atoms with E-state index in [1.165, 1.54) is 39.7 Å². The van der Waals surface area contributed by atoms with Crippen LogP contribution < -0.4 is 29.1 Å². The van der Waals surface area contributed by atoms with Crippen molar-refractivity contribution in [1.82, 2.24) is 5.43 Å². The van der Waals surface area contributed by atoms with Crippen LogP contribution in [0.25, 0.3) is 0 Å². The molecule has 0 radical (unpaired) electrons. The Balaban J connectivity index is 1.76. The van der Waals surface area contributed by atoms with E-state index in [0.29, 0.717) is 42.5 Å². The number of amides is 1. The summed E-state index contributed by atoms with van der Waals surface area (Å²) in [6.45, 7) is -0.264. The van der Waals surface area contributed by atoms with Crippen molar-refractivity contribution in [3.63, 3.8) is 0 Å².